The molecule has 0 unspecified atom stereocenters. The third-order valence-corrected chi connectivity index (χ3v) is 7.03. The molecule has 32 heavy (non-hydrogen) atoms. The van der Waals surface area contributed by atoms with Crippen LogP contribution in [0, 0.1) is 11.8 Å². The van der Waals surface area contributed by atoms with Gasteiger partial charge >= 0.3 is 0 Å². The summed E-state index contributed by atoms with van der Waals surface area (Å²) in [5.41, 5.74) is 0.945. The maximum atomic E-state index is 13.6. The summed E-state index contributed by atoms with van der Waals surface area (Å²) in [6.45, 7) is 0.721. The van der Waals surface area contributed by atoms with Crippen LogP contribution >= 0.6 is 11.6 Å². The number of hydrogen-bond donors (Lipinski definition) is 2. The Morgan fingerprint density at radius 2 is 1.88 bits per heavy atom. The number of amides is 3. The van der Waals surface area contributed by atoms with Gasteiger partial charge in [-0.3, -0.25) is 24.6 Å². The fourth-order valence-corrected chi connectivity index (χ4v) is 5.64. The maximum Gasteiger partial charge on any atom is 0.250 e. The highest BCUT2D eigenvalue weighted by Gasteiger charge is 2.70. The highest BCUT2D eigenvalue weighted by Crippen LogP contribution is 2.53. The minimum absolute atomic E-state index is 0.232. The van der Waals surface area contributed by atoms with Crippen molar-refractivity contribution in [3.63, 3.8) is 0 Å². The number of nitrogens with zero attached hydrogens (tertiary/aromatic N) is 1. The number of halogens is 1. The van der Waals surface area contributed by atoms with E-state index in [0.717, 1.165) is 5.56 Å². The molecule has 0 aliphatic carbocycles. The smallest absolute Gasteiger partial charge is 0.250 e. The third kappa shape index (κ3) is 3.07. The van der Waals surface area contributed by atoms with Crippen LogP contribution in [0.5, 0.6) is 0 Å². The molecule has 0 saturated carbocycles. The number of ether oxygens (including phenoxy) is 1. The van der Waals surface area contributed by atoms with Gasteiger partial charge in [-0.1, -0.05) is 41.9 Å². The van der Waals surface area contributed by atoms with E-state index >= 15 is 0 Å². The van der Waals surface area contributed by atoms with Crippen LogP contribution in [0.4, 0.5) is 5.69 Å². The lowest BCUT2D eigenvalue weighted by Gasteiger charge is -2.29. The average Bonchev–Trinajstić information content (AvgIpc) is 3.35. The van der Waals surface area contributed by atoms with Gasteiger partial charge in [-0.05, 0) is 36.6 Å². The molecule has 0 bridgehead atoms. The fourth-order valence-electron chi connectivity index (χ4n) is 5.46. The Hall–Kier alpha value is -2.74. The molecule has 3 heterocycles. The SMILES string of the molecule is COCCCN1C(=O)[C@@H]2[C@H](Cc3ccccc3)N[C@@]3(C(=O)Nc4ccc(Cl)cc43)[C@@H]2C1=O. The highest BCUT2D eigenvalue weighted by atomic mass is 35.5. The molecule has 0 aromatic heterocycles. The zero-order valence-corrected chi connectivity index (χ0v) is 18.4. The Balaban J connectivity index is 1.59. The van der Waals surface area contributed by atoms with Crippen molar-refractivity contribution in [1.29, 1.82) is 0 Å². The predicted octanol–water partition coefficient (Wildman–Crippen LogP) is 2.34. The standard InChI is InChI=1S/C24H24ClN3O4/c1-32-11-5-10-28-21(29)19-18(12-14-6-3-2-4-7-14)27-24(20(19)22(28)30)16-13-15(25)8-9-17(16)26-23(24)31/h2-4,6-9,13,18-20,27H,5,10-12H2,1H3,(H,26,31)/t18-,19+,20-,24+/m0/s1. The van der Waals surface area contributed by atoms with Gasteiger partial charge in [-0.15, -0.1) is 0 Å². The summed E-state index contributed by atoms with van der Waals surface area (Å²) in [4.78, 5) is 41.8. The van der Waals surface area contributed by atoms with Gasteiger partial charge in [0.2, 0.25) is 17.7 Å². The largest absolute Gasteiger partial charge is 0.385 e. The second-order valence-electron chi connectivity index (χ2n) is 8.57. The van der Waals surface area contributed by atoms with Crippen LogP contribution in [0.25, 0.3) is 0 Å². The van der Waals surface area contributed by atoms with Gasteiger partial charge in [0.05, 0.1) is 11.8 Å². The van der Waals surface area contributed by atoms with Gasteiger partial charge < -0.3 is 10.1 Å². The van der Waals surface area contributed by atoms with Crippen molar-refractivity contribution in [1.82, 2.24) is 10.2 Å². The van der Waals surface area contributed by atoms with Gasteiger partial charge in [0, 0.05) is 42.6 Å². The summed E-state index contributed by atoms with van der Waals surface area (Å²) in [7, 11) is 1.58. The van der Waals surface area contributed by atoms with E-state index in [2.05, 4.69) is 10.6 Å². The monoisotopic (exact) mass is 453 g/mol. The molecule has 1 spiro atoms. The van der Waals surface area contributed by atoms with E-state index in [1.54, 1.807) is 25.3 Å². The van der Waals surface area contributed by atoms with Crippen molar-refractivity contribution in [2.75, 3.05) is 25.6 Å². The molecule has 3 aliphatic heterocycles. The van der Waals surface area contributed by atoms with Crippen LogP contribution in [0.2, 0.25) is 5.02 Å². The number of fused-ring (bicyclic) bond motifs is 4. The predicted molar refractivity (Wildman–Crippen MR) is 119 cm³/mol. The number of imide groups is 1. The molecule has 3 aliphatic rings. The minimum atomic E-state index is -1.33. The molecular weight excluding hydrogens is 430 g/mol. The first-order valence-electron chi connectivity index (χ1n) is 10.7. The number of nitrogens with one attached hydrogen (secondary N) is 2. The summed E-state index contributed by atoms with van der Waals surface area (Å²) in [5.74, 6) is -2.33. The molecule has 2 saturated heterocycles. The van der Waals surface area contributed by atoms with E-state index in [9.17, 15) is 14.4 Å². The fraction of sp³-hybridized carbons (Fsp3) is 0.375. The molecule has 8 heteroatoms. The maximum absolute atomic E-state index is 13.6. The molecule has 5 rings (SSSR count). The molecule has 2 N–H and O–H groups in total. The van der Waals surface area contributed by atoms with Crippen LogP contribution < -0.4 is 10.6 Å². The van der Waals surface area contributed by atoms with Crippen LogP contribution in [0.1, 0.15) is 17.5 Å². The second kappa shape index (κ2) is 7.99. The highest BCUT2D eigenvalue weighted by molar-refractivity contribution is 6.31. The van der Waals surface area contributed by atoms with Crippen molar-refractivity contribution < 1.29 is 19.1 Å². The Morgan fingerprint density at radius 3 is 2.62 bits per heavy atom. The first-order valence-corrected chi connectivity index (χ1v) is 11.1. The molecule has 2 fully saturated rings. The van der Waals surface area contributed by atoms with Crippen molar-refractivity contribution in [2.24, 2.45) is 11.8 Å². The van der Waals surface area contributed by atoms with Crippen molar-refractivity contribution >= 4 is 35.0 Å². The molecule has 2 aromatic carbocycles. The Labute approximate surface area is 191 Å². The summed E-state index contributed by atoms with van der Waals surface area (Å²) in [6, 6.07) is 14.6. The van der Waals surface area contributed by atoms with Gasteiger partial charge in [-0.2, -0.15) is 0 Å². The zero-order chi connectivity index (χ0) is 22.5. The summed E-state index contributed by atoms with van der Waals surface area (Å²) >= 11 is 6.28. The molecule has 3 amide bonds. The van der Waals surface area contributed by atoms with Crippen LogP contribution in [0.15, 0.2) is 48.5 Å². The van der Waals surface area contributed by atoms with Crippen molar-refractivity contribution in [2.45, 2.75) is 24.4 Å². The van der Waals surface area contributed by atoms with Crippen molar-refractivity contribution in [3.05, 3.63) is 64.7 Å². The van der Waals surface area contributed by atoms with Crippen LogP contribution in [0.3, 0.4) is 0 Å². The van der Waals surface area contributed by atoms with E-state index in [4.69, 9.17) is 16.3 Å². The van der Waals surface area contributed by atoms with E-state index in [1.807, 2.05) is 30.3 Å². The van der Waals surface area contributed by atoms with Gasteiger partial charge in [0.1, 0.15) is 5.54 Å². The molecule has 2 aromatic rings. The average molecular weight is 454 g/mol. The van der Waals surface area contributed by atoms with Crippen LogP contribution in [-0.4, -0.2) is 48.9 Å². The second-order valence-corrected chi connectivity index (χ2v) is 9.01. The summed E-state index contributed by atoms with van der Waals surface area (Å²) < 4.78 is 5.10. The molecule has 166 valence electrons. The van der Waals surface area contributed by atoms with E-state index < -0.39 is 17.4 Å². The Kier molecular flexibility index (Phi) is 5.28. The topological polar surface area (TPSA) is 87.7 Å². The number of benzene rings is 2. The summed E-state index contributed by atoms with van der Waals surface area (Å²) in [5, 5.41) is 6.80. The molecule has 7 nitrogen and oxygen atoms in total. The lowest BCUT2D eigenvalue weighted by Crippen LogP contribution is -2.53. The van der Waals surface area contributed by atoms with E-state index in [0.29, 0.717) is 35.7 Å². The molecule has 4 atom stereocenters. The lowest BCUT2D eigenvalue weighted by molar-refractivity contribution is -0.143. The van der Waals surface area contributed by atoms with Crippen molar-refractivity contribution in [3.8, 4) is 0 Å². The zero-order valence-electron chi connectivity index (χ0n) is 17.6. The Morgan fingerprint density at radius 1 is 1.09 bits per heavy atom. The van der Waals surface area contributed by atoms with Gasteiger partial charge in [0.25, 0.3) is 0 Å². The first kappa shape index (κ1) is 21.1. The minimum Gasteiger partial charge on any atom is -0.385 e. The number of likely N-dealkylation sites (tertiary alicyclic amines) is 1. The van der Waals surface area contributed by atoms with Crippen LogP contribution in [-0.2, 0) is 31.1 Å². The summed E-state index contributed by atoms with van der Waals surface area (Å²) in [6.07, 6.45) is 1.07. The van der Waals surface area contributed by atoms with Gasteiger partial charge in [0.15, 0.2) is 0 Å². The van der Waals surface area contributed by atoms with Gasteiger partial charge in [-0.25, -0.2) is 0 Å². The third-order valence-electron chi connectivity index (χ3n) is 6.80. The quantitative estimate of drug-likeness (QED) is 0.518. The number of methoxy groups -OCH3 is 1. The molecular formula is C24H24ClN3O4. The number of carbonyl (C=O) groups is 3. The molecule has 0 radical (unpaired) electrons. The number of anilines is 1. The number of rotatable bonds is 6. The normalized spacial score (nSPS) is 28.4. The first-order chi connectivity index (χ1) is 15.5. The van der Waals surface area contributed by atoms with E-state index in [1.165, 1.54) is 4.90 Å². The number of hydrogen-bond acceptors (Lipinski definition) is 5. The number of carbonyl (C=O) groups excluding carboxylic acids is 3. The van der Waals surface area contributed by atoms with E-state index in [-0.39, 0.29) is 30.3 Å². The lowest BCUT2D eigenvalue weighted by atomic mass is 9.76. The Bertz CT molecular complexity index is 1090.